The fourth-order valence-electron chi connectivity index (χ4n) is 4.41. The Morgan fingerprint density at radius 1 is 0.886 bits per heavy atom. The predicted octanol–water partition coefficient (Wildman–Crippen LogP) is 4.50. The highest BCUT2D eigenvalue weighted by atomic mass is 35.5. The molecule has 196 valence electrons. The average Bonchev–Trinajstić information content (AvgIpc) is 2.96. The standard InChI is InChI=1S/C27H39N3O3.2ClH/c1-28(2)24-11-9-21(10-12-24)8-6-14-29(3)15-7-16-30-17-13-22-18-25(32-4)26(33-5)19-23(22)20-27(30)31;;/h9-12,18-19H,6-8,13-17,20H2,1-5H3;2*1H. The summed E-state index contributed by atoms with van der Waals surface area (Å²) >= 11 is 0. The van der Waals surface area contributed by atoms with Crippen LogP contribution in [0.2, 0.25) is 0 Å². The van der Waals surface area contributed by atoms with Crippen LogP contribution in [0.4, 0.5) is 5.69 Å². The minimum atomic E-state index is 0. The third-order valence-electron chi connectivity index (χ3n) is 6.48. The maximum atomic E-state index is 12.8. The van der Waals surface area contributed by atoms with Crippen molar-refractivity contribution in [3.63, 3.8) is 0 Å². The number of rotatable bonds is 11. The van der Waals surface area contributed by atoms with Gasteiger partial charge >= 0.3 is 0 Å². The van der Waals surface area contributed by atoms with Gasteiger partial charge in [-0.15, -0.1) is 24.8 Å². The Morgan fingerprint density at radius 2 is 1.49 bits per heavy atom. The van der Waals surface area contributed by atoms with E-state index in [2.05, 4.69) is 55.2 Å². The average molecular weight is 527 g/mol. The molecule has 35 heavy (non-hydrogen) atoms. The van der Waals surface area contributed by atoms with Crippen LogP contribution in [0.15, 0.2) is 36.4 Å². The summed E-state index contributed by atoms with van der Waals surface area (Å²) in [7, 11) is 9.59. The normalized spacial score (nSPS) is 12.9. The Bertz CT molecular complexity index is 923. The summed E-state index contributed by atoms with van der Waals surface area (Å²) in [6.07, 6.45) is 4.50. The Labute approximate surface area is 223 Å². The molecule has 0 aromatic heterocycles. The molecule has 0 atom stereocenters. The molecular formula is C27H41Cl2N3O3. The van der Waals surface area contributed by atoms with Crippen molar-refractivity contribution in [2.75, 3.05) is 66.4 Å². The van der Waals surface area contributed by atoms with Gasteiger partial charge in [0.05, 0.1) is 20.6 Å². The highest BCUT2D eigenvalue weighted by Gasteiger charge is 2.22. The maximum absolute atomic E-state index is 12.8. The second-order valence-electron chi connectivity index (χ2n) is 9.10. The van der Waals surface area contributed by atoms with Crippen molar-refractivity contribution in [1.82, 2.24) is 9.80 Å². The second kappa shape index (κ2) is 15.1. The summed E-state index contributed by atoms with van der Waals surface area (Å²) in [5.74, 6) is 1.62. The molecule has 8 heteroatoms. The molecule has 6 nitrogen and oxygen atoms in total. The molecule has 0 bridgehead atoms. The van der Waals surface area contributed by atoms with Gasteiger partial charge < -0.3 is 24.2 Å². The van der Waals surface area contributed by atoms with E-state index in [1.54, 1.807) is 14.2 Å². The van der Waals surface area contributed by atoms with Gasteiger partial charge in [-0.2, -0.15) is 0 Å². The van der Waals surface area contributed by atoms with Crippen LogP contribution in [-0.4, -0.2) is 77.2 Å². The van der Waals surface area contributed by atoms with Crippen molar-refractivity contribution in [2.45, 2.75) is 32.1 Å². The molecule has 3 rings (SSSR count). The predicted molar refractivity (Wildman–Crippen MR) is 149 cm³/mol. The van der Waals surface area contributed by atoms with Gasteiger partial charge in [-0.25, -0.2) is 0 Å². The van der Waals surface area contributed by atoms with E-state index >= 15 is 0 Å². The van der Waals surface area contributed by atoms with Gasteiger partial charge in [-0.05, 0) is 86.8 Å². The number of halogens is 2. The quantitative estimate of drug-likeness (QED) is 0.432. The third kappa shape index (κ3) is 8.78. The summed E-state index contributed by atoms with van der Waals surface area (Å²) in [5.41, 5.74) is 4.85. The first-order chi connectivity index (χ1) is 15.9. The number of aryl methyl sites for hydroxylation is 1. The summed E-state index contributed by atoms with van der Waals surface area (Å²) in [6.45, 7) is 3.62. The second-order valence-corrected chi connectivity index (χ2v) is 9.10. The van der Waals surface area contributed by atoms with Gasteiger partial charge in [0, 0.05) is 32.9 Å². The van der Waals surface area contributed by atoms with Gasteiger partial charge in [-0.1, -0.05) is 12.1 Å². The van der Waals surface area contributed by atoms with Crippen LogP contribution in [0.3, 0.4) is 0 Å². The molecule has 1 amide bonds. The lowest BCUT2D eigenvalue weighted by Gasteiger charge is -2.23. The number of hydrogen-bond donors (Lipinski definition) is 0. The minimum absolute atomic E-state index is 0. The number of methoxy groups -OCH3 is 2. The molecule has 0 aliphatic carbocycles. The summed E-state index contributed by atoms with van der Waals surface area (Å²) < 4.78 is 10.8. The van der Waals surface area contributed by atoms with E-state index in [0.29, 0.717) is 12.2 Å². The number of nitrogens with zero attached hydrogens (tertiary/aromatic N) is 3. The molecule has 0 unspecified atom stereocenters. The van der Waals surface area contributed by atoms with Crippen LogP contribution in [0.25, 0.3) is 0 Å². The Hall–Kier alpha value is -2.15. The number of hydrogen-bond acceptors (Lipinski definition) is 5. The van der Waals surface area contributed by atoms with Crippen molar-refractivity contribution in [3.8, 4) is 11.5 Å². The van der Waals surface area contributed by atoms with Crippen molar-refractivity contribution in [3.05, 3.63) is 53.1 Å². The molecule has 1 aliphatic heterocycles. The molecule has 0 spiro atoms. The largest absolute Gasteiger partial charge is 0.493 e. The van der Waals surface area contributed by atoms with Crippen LogP contribution >= 0.6 is 24.8 Å². The van der Waals surface area contributed by atoms with E-state index in [1.165, 1.54) is 16.8 Å². The third-order valence-corrected chi connectivity index (χ3v) is 6.48. The molecule has 0 saturated heterocycles. The Morgan fingerprint density at radius 3 is 2.09 bits per heavy atom. The highest BCUT2D eigenvalue weighted by molar-refractivity contribution is 5.85. The van der Waals surface area contributed by atoms with Crippen molar-refractivity contribution < 1.29 is 14.3 Å². The number of carbonyl (C=O) groups excluding carboxylic acids is 1. The Balaban J connectivity index is 0.00000306. The monoisotopic (exact) mass is 525 g/mol. The number of carbonyl (C=O) groups is 1. The first kappa shape index (κ1) is 30.9. The zero-order valence-electron chi connectivity index (χ0n) is 21.7. The molecule has 0 saturated carbocycles. The molecular weight excluding hydrogens is 485 g/mol. The molecule has 1 heterocycles. The molecule has 0 N–H and O–H groups in total. The molecule has 0 radical (unpaired) electrons. The van der Waals surface area contributed by atoms with Gasteiger partial charge in [-0.3, -0.25) is 4.79 Å². The molecule has 1 aliphatic rings. The van der Waals surface area contributed by atoms with E-state index in [4.69, 9.17) is 9.47 Å². The zero-order chi connectivity index (χ0) is 23.8. The number of amides is 1. The number of ether oxygens (including phenoxy) is 2. The number of fused-ring (bicyclic) bond motifs is 1. The fourth-order valence-corrected chi connectivity index (χ4v) is 4.41. The van der Waals surface area contributed by atoms with Crippen LogP contribution in [0.1, 0.15) is 29.5 Å². The summed E-state index contributed by atoms with van der Waals surface area (Å²) in [5, 5.41) is 0. The van der Waals surface area contributed by atoms with E-state index < -0.39 is 0 Å². The van der Waals surface area contributed by atoms with Crippen molar-refractivity contribution in [1.29, 1.82) is 0 Å². The van der Waals surface area contributed by atoms with Crippen LogP contribution < -0.4 is 14.4 Å². The lowest BCUT2D eigenvalue weighted by Crippen LogP contribution is -2.35. The van der Waals surface area contributed by atoms with Crippen molar-refractivity contribution >= 4 is 36.4 Å². The topological polar surface area (TPSA) is 45.3 Å². The number of anilines is 1. The molecule has 2 aromatic carbocycles. The summed E-state index contributed by atoms with van der Waals surface area (Å²) in [4.78, 5) is 19.4. The summed E-state index contributed by atoms with van der Waals surface area (Å²) in [6, 6.07) is 12.8. The van der Waals surface area contributed by atoms with E-state index in [-0.39, 0.29) is 30.7 Å². The lowest BCUT2D eigenvalue weighted by molar-refractivity contribution is -0.130. The maximum Gasteiger partial charge on any atom is 0.227 e. The Kier molecular flexibility index (Phi) is 13.3. The van der Waals surface area contributed by atoms with Gasteiger partial charge in [0.2, 0.25) is 5.91 Å². The van der Waals surface area contributed by atoms with E-state index in [1.807, 2.05) is 17.0 Å². The van der Waals surface area contributed by atoms with E-state index in [0.717, 1.165) is 63.2 Å². The highest BCUT2D eigenvalue weighted by Crippen LogP contribution is 2.32. The van der Waals surface area contributed by atoms with Crippen LogP contribution in [0.5, 0.6) is 11.5 Å². The van der Waals surface area contributed by atoms with Crippen LogP contribution in [-0.2, 0) is 24.1 Å². The van der Waals surface area contributed by atoms with Gasteiger partial charge in [0.25, 0.3) is 0 Å². The SMILES string of the molecule is COc1cc2c(cc1OC)CC(=O)N(CCCN(C)CCCc1ccc(N(C)C)cc1)CC2.Cl.Cl. The van der Waals surface area contributed by atoms with Crippen LogP contribution in [0, 0.1) is 0 Å². The van der Waals surface area contributed by atoms with Gasteiger partial charge in [0.15, 0.2) is 11.5 Å². The lowest BCUT2D eigenvalue weighted by atomic mass is 10.0. The first-order valence-electron chi connectivity index (χ1n) is 11.9. The molecule has 0 fully saturated rings. The van der Waals surface area contributed by atoms with Gasteiger partial charge in [0.1, 0.15) is 0 Å². The fraction of sp³-hybridized carbons (Fsp3) is 0.519. The van der Waals surface area contributed by atoms with Crippen molar-refractivity contribution in [2.24, 2.45) is 0 Å². The number of benzene rings is 2. The minimum Gasteiger partial charge on any atom is -0.493 e. The van der Waals surface area contributed by atoms with E-state index in [9.17, 15) is 4.79 Å². The first-order valence-corrected chi connectivity index (χ1v) is 11.9. The zero-order valence-corrected chi connectivity index (χ0v) is 23.3. The molecule has 2 aromatic rings. The smallest absolute Gasteiger partial charge is 0.227 e.